The van der Waals surface area contributed by atoms with Crippen molar-refractivity contribution in [2.75, 3.05) is 23.7 Å². The number of rotatable bonds is 9. The van der Waals surface area contributed by atoms with Gasteiger partial charge in [-0.15, -0.1) is 0 Å². The molecule has 0 spiro atoms. The predicted octanol–water partition coefficient (Wildman–Crippen LogP) is 5.10. The highest BCUT2D eigenvalue weighted by Gasteiger charge is 2.27. The summed E-state index contributed by atoms with van der Waals surface area (Å²) in [5.41, 5.74) is 2.73. The molecule has 0 bridgehead atoms. The molecule has 0 saturated heterocycles. The molecule has 1 saturated carbocycles. The largest absolute Gasteiger partial charge is 0.372 e. The van der Waals surface area contributed by atoms with Gasteiger partial charge in [-0.25, -0.2) is 8.42 Å². The molecule has 0 radical (unpaired) electrons. The summed E-state index contributed by atoms with van der Waals surface area (Å²) in [6.45, 7) is 10.1. The van der Waals surface area contributed by atoms with Crippen LogP contribution in [0.1, 0.15) is 65.4 Å². The van der Waals surface area contributed by atoms with E-state index in [1.165, 1.54) is 30.5 Å². The highest BCUT2D eigenvalue weighted by Crippen LogP contribution is 2.33. The summed E-state index contributed by atoms with van der Waals surface area (Å²) in [5.74, 6) is 1.53. The number of sulfone groups is 1. The van der Waals surface area contributed by atoms with Crippen LogP contribution in [0.4, 0.5) is 5.69 Å². The van der Waals surface area contributed by atoms with E-state index in [0.717, 1.165) is 38.3 Å². The number of benzene rings is 1. The molecule has 0 amide bonds. The van der Waals surface area contributed by atoms with Crippen molar-refractivity contribution in [1.29, 1.82) is 0 Å². The number of aryl methyl sites for hydroxylation is 1. The third-order valence-electron chi connectivity index (χ3n) is 6.06. The van der Waals surface area contributed by atoms with Crippen molar-refractivity contribution < 1.29 is 8.42 Å². The van der Waals surface area contributed by atoms with E-state index in [1.54, 1.807) is 13.8 Å². The zero-order chi connectivity index (χ0) is 19.2. The maximum Gasteiger partial charge on any atom is 0.152 e. The van der Waals surface area contributed by atoms with E-state index < -0.39 is 9.84 Å². The molecule has 148 valence electrons. The first-order valence-electron chi connectivity index (χ1n) is 10.4. The normalized spacial score (nSPS) is 21.1. The Morgan fingerprint density at radius 2 is 1.50 bits per heavy atom. The van der Waals surface area contributed by atoms with Gasteiger partial charge in [0.25, 0.3) is 0 Å². The van der Waals surface area contributed by atoms with Crippen molar-refractivity contribution in [3.63, 3.8) is 0 Å². The fraction of sp³-hybridized carbons (Fsp3) is 0.727. The van der Waals surface area contributed by atoms with Crippen molar-refractivity contribution in [2.45, 2.75) is 71.5 Å². The number of nitrogens with zero attached hydrogens (tertiary/aromatic N) is 1. The van der Waals surface area contributed by atoms with E-state index in [2.05, 4.69) is 43.0 Å². The van der Waals surface area contributed by atoms with Crippen LogP contribution in [0.5, 0.6) is 0 Å². The highest BCUT2D eigenvalue weighted by atomic mass is 32.2. The maximum absolute atomic E-state index is 12.1. The molecule has 4 heteroatoms. The van der Waals surface area contributed by atoms with Crippen molar-refractivity contribution in [3.8, 4) is 0 Å². The van der Waals surface area contributed by atoms with Crippen LogP contribution in [0.15, 0.2) is 24.3 Å². The lowest BCUT2D eigenvalue weighted by atomic mass is 9.80. The smallest absolute Gasteiger partial charge is 0.152 e. The molecule has 2 rings (SSSR count). The fourth-order valence-corrected chi connectivity index (χ4v) is 5.42. The summed E-state index contributed by atoms with van der Waals surface area (Å²) in [6, 6.07) is 9.04. The van der Waals surface area contributed by atoms with Crippen LogP contribution < -0.4 is 4.90 Å². The minimum atomic E-state index is -2.89. The standard InChI is InChI=1S/C22H37NO2S/c1-5-23(6-2)22-15-13-20(14-16-22)8-7-19-9-11-21(12-10-19)17-26(24,25)18(3)4/h13-16,18-19,21H,5-12,17H2,1-4H3. The third kappa shape index (κ3) is 6.00. The van der Waals surface area contributed by atoms with Crippen LogP contribution in [0.25, 0.3) is 0 Å². The quantitative estimate of drug-likeness (QED) is 0.599. The van der Waals surface area contributed by atoms with Crippen molar-refractivity contribution in [2.24, 2.45) is 11.8 Å². The second kappa shape index (κ2) is 9.77. The molecular weight excluding hydrogens is 342 g/mol. The average Bonchev–Trinajstić information content (AvgIpc) is 2.63. The molecule has 0 aliphatic heterocycles. The van der Waals surface area contributed by atoms with Gasteiger partial charge in [0, 0.05) is 18.8 Å². The molecule has 1 aromatic carbocycles. The number of hydrogen-bond acceptors (Lipinski definition) is 3. The van der Waals surface area contributed by atoms with Crippen molar-refractivity contribution >= 4 is 15.5 Å². The van der Waals surface area contributed by atoms with Crippen LogP contribution in [-0.4, -0.2) is 32.5 Å². The average molecular weight is 380 g/mol. The minimum absolute atomic E-state index is 0.237. The van der Waals surface area contributed by atoms with Gasteiger partial charge in [0.1, 0.15) is 0 Å². The van der Waals surface area contributed by atoms with E-state index in [0.29, 0.717) is 11.7 Å². The Morgan fingerprint density at radius 1 is 0.962 bits per heavy atom. The van der Waals surface area contributed by atoms with Gasteiger partial charge < -0.3 is 4.90 Å². The molecule has 0 N–H and O–H groups in total. The molecule has 1 fully saturated rings. The predicted molar refractivity (Wildman–Crippen MR) is 113 cm³/mol. The SMILES string of the molecule is CCN(CC)c1ccc(CCC2CCC(CS(=O)(=O)C(C)C)CC2)cc1. The highest BCUT2D eigenvalue weighted by molar-refractivity contribution is 7.91. The first-order chi connectivity index (χ1) is 12.4. The fourth-order valence-electron chi connectivity index (χ4n) is 4.04. The summed E-state index contributed by atoms with van der Waals surface area (Å²) in [5, 5.41) is -0.237. The molecule has 0 atom stereocenters. The minimum Gasteiger partial charge on any atom is -0.372 e. The van der Waals surface area contributed by atoms with E-state index in [9.17, 15) is 8.42 Å². The Kier molecular flexibility index (Phi) is 8.00. The second-order valence-corrected chi connectivity index (χ2v) is 10.7. The summed E-state index contributed by atoms with van der Waals surface area (Å²) in [7, 11) is -2.89. The van der Waals surface area contributed by atoms with Gasteiger partial charge >= 0.3 is 0 Å². The van der Waals surface area contributed by atoms with Crippen LogP contribution in [0.2, 0.25) is 0 Å². The first kappa shape index (κ1) is 21.3. The van der Waals surface area contributed by atoms with Crippen LogP contribution in [0, 0.1) is 11.8 Å². The lowest BCUT2D eigenvalue weighted by Crippen LogP contribution is -2.26. The molecule has 3 nitrogen and oxygen atoms in total. The van der Waals surface area contributed by atoms with E-state index in [1.807, 2.05) is 0 Å². The summed E-state index contributed by atoms with van der Waals surface area (Å²) in [4.78, 5) is 2.37. The summed E-state index contributed by atoms with van der Waals surface area (Å²) in [6.07, 6.45) is 6.91. The Hall–Kier alpha value is -1.03. The summed E-state index contributed by atoms with van der Waals surface area (Å²) >= 11 is 0. The first-order valence-corrected chi connectivity index (χ1v) is 12.1. The monoisotopic (exact) mass is 379 g/mol. The maximum atomic E-state index is 12.1. The van der Waals surface area contributed by atoms with Crippen molar-refractivity contribution in [1.82, 2.24) is 0 Å². The zero-order valence-electron chi connectivity index (χ0n) is 17.1. The van der Waals surface area contributed by atoms with Gasteiger partial charge in [-0.2, -0.15) is 0 Å². The van der Waals surface area contributed by atoms with Gasteiger partial charge in [-0.1, -0.05) is 25.0 Å². The van der Waals surface area contributed by atoms with Gasteiger partial charge in [0.15, 0.2) is 9.84 Å². The van der Waals surface area contributed by atoms with Crippen LogP contribution >= 0.6 is 0 Å². The van der Waals surface area contributed by atoms with E-state index in [-0.39, 0.29) is 5.25 Å². The molecular formula is C22H37NO2S. The molecule has 1 aliphatic rings. The molecule has 1 aromatic rings. The van der Waals surface area contributed by atoms with E-state index in [4.69, 9.17) is 0 Å². The molecule has 1 aliphatic carbocycles. The number of anilines is 1. The van der Waals surface area contributed by atoms with Crippen LogP contribution in [-0.2, 0) is 16.3 Å². The molecule has 0 heterocycles. The lowest BCUT2D eigenvalue weighted by molar-refractivity contribution is 0.278. The zero-order valence-corrected chi connectivity index (χ0v) is 17.9. The lowest BCUT2D eigenvalue weighted by Gasteiger charge is -2.29. The van der Waals surface area contributed by atoms with Gasteiger partial charge in [-0.05, 0) is 82.9 Å². The van der Waals surface area contributed by atoms with Gasteiger partial charge in [0.05, 0.1) is 11.0 Å². The molecule has 0 unspecified atom stereocenters. The molecule has 26 heavy (non-hydrogen) atoms. The van der Waals surface area contributed by atoms with Gasteiger partial charge in [0.2, 0.25) is 0 Å². The Bertz CT molecular complexity index is 625. The topological polar surface area (TPSA) is 37.4 Å². The Morgan fingerprint density at radius 3 is 2.00 bits per heavy atom. The van der Waals surface area contributed by atoms with Crippen molar-refractivity contribution in [3.05, 3.63) is 29.8 Å². The molecule has 0 aromatic heterocycles. The van der Waals surface area contributed by atoms with E-state index >= 15 is 0 Å². The summed E-state index contributed by atoms with van der Waals surface area (Å²) < 4.78 is 24.2. The Balaban J connectivity index is 1.76. The van der Waals surface area contributed by atoms with Gasteiger partial charge in [-0.3, -0.25) is 0 Å². The number of hydrogen-bond donors (Lipinski definition) is 0. The third-order valence-corrected chi connectivity index (χ3v) is 8.43. The Labute approximate surface area is 161 Å². The second-order valence-electron chi connectivity index (χ2n) is 8.14. The van der Waals surface area contributed by atoms with Crippen LogP contribution in [0.3, 0.4) is 0 Å².